The molecule has 0 radical (unpaired) electrons. The standard InChI is InChI=1S/C10H11N5O2S/c1-2-11-8-5-7(15(16)17)6-9(14-8)18-10-12-3-4-13-10/h3-6H,2H2,1H3,(H,11,14)(H,12,13). The SMILES string of the molecule is CCNc1cc([N+](=O)[O-])cc(Sc2ncc[nH]2)n1. The second kappa shape index (κ2) is 5.50. The Bertz CT molecular complexity index is 543. The molecule has 0 bridgehead atoms. The summed E-state index contributed by atoms with van der Waals surface area (Å²) in [7, 11) is 0. The Morgan fingerprint density at radius 2 is 2.39 bits per heavy atom. The number of imidazole rings is 1. The van der Waals surface area contributed by atoms with E-state index in [-0.39, 0.29) is 5.69 Å². The Morgan fingerprint density at radius 1 is 1.56 bits per heavy atom. The van der Waals surface area contributed by atoms with Crippen LogP contribution >= 0.6 is 11.8 Å². The molecule has 7 nitrogen and oxygen atoms in total. The molecule has 2 aromatic rings. The number of hydrogen-bond donors (Lipinski definition) is 2. The molecule has 8 heteroatoms. The van der Waals surface area contributed by atoms with Crippen LogP contribution in [0.25, 0.3) is 0 Å². The summed E-state index contributed by atoms with van der Waals surface area (Å²) in [6.45, 7) is 2.55. The fourth-order valence-electron chi connectivity index (χ4n) is 1.33. The third-order valence-electron chi connectivity index (χ3n) is 2.03. The van der Waals surface area contributed by atoms with Crippen LogP contribution in [0.2, 0.25) is 0 Å². The van der Waals surface area contributed by atoms with E-state index in [0.717, 1.165) is 0 Å². The molecule has 94 valence electrons. The van der Waals surface area contributed by atoms with E-state index in [1.165, 1.54) is 23.9 Å². The van der Waals surface area contributed by atoms with Gasteiger partial charge in [0, 0.05) is 25.0 Å². The van der Waals surface area contributed by atoms with E-state index in [4.69, 9.17) is 0 Å². The molecule has 0 aliphatic heterocycles. The molecule has 0 amide bonds. The molecule has 2 aromatic heterocycles. The number of pyridine rings is 1. The van der Waals surface area contributed by atoms with Gasteiger partial charge in [-0.2, -0.15) is 0 Å². The molecule has 2 N–H and O–H groups in total. The number of aromatic nitrogens is 3. The normalized spacial score (nSPS) is 10.3. The molecular weight excluding hydrogens is 254 g/mol. The van der Waals surface area contributed by atoms with E-state index in [0.29, 0.717) is 22.5 Å². The zero-order chi connectivity index (χ0) is 13.0. The summed E-state index contributed by atoms with van der Waals surface area (Å²) >= 11 is 1.24. The number of hydrogen-bond acceptors (Lipinski definition) is 6. The van der Waals surface area contributed by atoms with Crippen molar-refractivity contribution in [2.45, 2.75) is 17.1 Å². The van der Waals surface area contributed by atoms with Crippen molar-refractivity contribution in [3.8, 4) is 0 Å². The minimum atomic E-state index is -0.436. The van der Waals surface area contributed by atoms with Gasteiger partial charge in [-0.3, -0.25) is 10.1 Å². The Hall–Kier alpha value is -2.09. The summed E-state index contributed by atoms with van der Waals surface area (Å²) in [5.74, 6) is 0.487. The van der Waals surface area contributed by atoms with Gasteiger partial charge in [0.05, 0.1) is 11.0 Å². The van der Waals surface area contributed by atoms with Gasteiger partial charge in [-0.25, -0.2) is 9.97 Å². The van der Waals surface area contributed by atoms with Crippen LogP contribution in [0.1, 0.15) is 6.92 Å². The van der Waals surface area contributed by atoms with Crippen LogP contribution in [0.4, 0.5) is 11.5 Å². The second-order valence-corrected chi connectivity index (χ2v) is 4.34. The van der Waals surface area contributed by atoms with Crippen LogP contribution in [-0.4, -0.2) is 26.4 Å². The summed E-state index contributed by atoms with van der Waals surface area (Å²) in [5, 5.41) is 15.0. The van der Waals surface area contributed by atoms with Crippen molar-refractivity contribution in [2.75, 3.05) is 11.9 Å². The van der Waals surface area contributed by atoms with Gasteiger partial charge in [0.2, 0.25) is 0 Å². The largest absolute Gasteiger partial charge is 0.370 e. The van der Waals surface area contributed by atoms with Gasteiger partial charge < -0.3 is 10.3 Å². The molecule has 0 saturated heterocycles. The van der Waals surface area contributed by atoms with Crippen LogP contribution in [0.3, 0.4) is 0 Å². The lowest BCUT2D eigenvalue weighted by molar-refractivity contribution is -0.385. The van der Waals surface area contributed by atoms with Gasteiger partial charge in [-0.05, 0) is 18.7 Å². The van der Waals surface area contributed by atoms with Gasteiger partial charge in [0.15, 0.2) is 5.16 Å². The summed E-state index contributed by atoms with van der Waals surface area (Å²) in [6, 6.07) is 2.84. The highest BCUT2D eigenvalue weighted by molar-refractivity contribution is 7.99. The third-order valence-corrected chi connectivity index (χ3v) is 2.86. The van der Waals surface area contributed by atoms with Crippen molar-refractivity contribution in [3.05, 3.63) is 34.6 Å². The molecule has 0 aliphatic carbocycles. The fraction of sp³-hybridized carbons (Fsp3) is 0.200. The predicted molar refractivity (Wildman–Crippen MR) is 67.8 cm³/mol. The van der Waals surface area contributed by atoms with E-state index in [9.17, 15) is 10.1 Å². The van der Waals surface area contributed by atoms with Gasteiger partial charge in [-0.15, -0.1) is 0 Å². The second-order valence-electron chi connectivity index (χ2n) is 3.33. The number of nitrogens with zero attached hydrogens (tertiary/aromatic N) is 3. The van der Waals surface area contributed by atoms with Crippen LogP contribution in [0.5, 0.6) is 0 Å². The van der Waals surface area contributed by atoms with Gasteiger partial charge in [0.1, 0.15) is 10.8 Å². The summed E-state index contributed by atoms with van der Waals surface area (Å²) in [4.78, 5) is 21.6. The van der Waals surface area contributed by atoms with Gasteiger partial charge in [-0.1, -0.05) is 0 Å². The lowest BCUT2D eigenvalue weighted by atomic mass is 10.4. The lowest BCUT2D eigenvalue weighted by Crippen LogP contribution is -2.01. The maximum absolute atomic E-state index is 10.8. The first-order valence-corrected chi connectivity index (χ1v) is 6.08. The molecule has 0 aliphatic rings. The zero-order valence-electron chi connectivity index (χ0n) is 9.58. The third kappa shape index (κ3) is 2.98. The number of aromatic amines is 1. The summed E-state index contributed by atoms with van der Waals surface area (Å²) in [6.07, 6.45) is 3.30. The Kier molecular flexibility index (Phi) is 3.78. The Morgan fingerprint density at radius 3 is 3.00 bits per heavy atom. The van der Waals surface area contributed by atoms with Gasteiger partial charge >= 0.3 is 0 Å². The minimum Gasteiger partial charge on any atom is -0.370 e. The maximum Gasteiger partial charge on any atom is 0.275 e. The highest BCUT2D eigenvalue weighted by atomic mass is 32.2. The molecule has 2 rings (SSSR count). The van der Waals surface area contributed by atoms with Gasteiger partial charge in [0.25, 0.3) is 5.69 Å². The lowest BCUT2D eigenvalue weighted by Gasteiger charge is -2.04. The minimum absolute atomic E-state index is 0.00926. The van der Waals surface area contributed by atoms with E-state index < -0.39 is 4.92 Å². The highest BCUT2D eigenvalue weighted by Gasteiger charge is 2.12. The van der Waals surface area contributed by atoms with Crippen molar-refractivity contribution < 1.29 is 4.92 Å². The average Bonchev–Trinajstić information content (AvgIpc) is 2.82. The highest BCUT2D eigenvalue weighted by Crippen LogP contribution is 2.28. The molecule has 0 unspecified atom stereocenters. The van der Waals surface area contributed by atoms with Crippen LogP contribution < -0.4 is 5.32 Å². The van der Waals surface area contributed by atoms with Crippen molar-refractivity contribution in [3.63, 3.8) is 0 Å². The Labute approximate surface area is 107 Å². The van der Waals surface area contributed by atoms with Crippen LogP contribution in [0, 0.1) is 10.1 Å². The first kappa shape index (κ1) is 12.4. The summed E-state index contributed by atoms with van der Waals surface area (Å²) < 4.78 is 0. The zero-order valence-corrected chi connectivity index (χ0v) is 10.4. The first-order valence-electron chi connectivity index (χ1n) is 5.26. The molecule has 0 atom stereocenters. The molecule has 0 aromatic carbocycles. The number of rotatable bonds is 5. The number of H-pyrrole nitrogens is 1. The Balaban J connectivity index is 2.30. The van der Waals surface area contributed by atoms with Crippen molar-refractivity contribution in [1.82, 2.24) is 15.0 Å². The molecule has 18 heavy (non-hydrogen) atoms. The number of nitro groups is 1. The first-order chi connectivity index (χ1) is 8.69. The quantitative estimate of drug-likeness (QED) is 0.636. The topological polar surface area (TPSA) is 96.7 Å². The molecule has 2 heterocycles. The van der Waals surface area contributed by atoms with E-state index in [1.54, 1.807) is 12.4 Å². The van der Waals surface area contributed by atoms with Crippen molar-refractivity contribution in [1.29, 1.82) is 0 Å². The number of anilines is 1. The molecular formula is C10H11N5O2S. The summed E-state index contributed by atoms with van der Waals surface area (Å²) in [5.41, 5.74) is 0.00926. The van der Waals surface area contributed by atoms with E-state index in [2.05, 4.69) is 20.3 Å². The van der Waals surface area contributed by atoms with E-state index >= 15 is 0 Å². The van der Waals surface area contributed by atoms with Crippen molar-refractivity contribution >= 4 is 23.3 Å². The monoisotopic (exact) mass is 265 g/mol. The smallest absolute Gasteiger partial charge is 0.275 e. The molecule has 0 fully saturated rings. The van der Waals surface area contributed by atoms with Crippen molar-refractivity contribution in [2.24, 2.45) is 0 Å². The van der Waals surface area contributed by atoms with Crippen LogP contribution in [0.15, 0.2) is 34.7 Å². The molecule has 0 saturated carbocycles. The van der Waals surface area contributed by atoms with Crippen LogP contribution in [-0.2, 0) is 0 Å². The fourth-order valence-corrected chi connectivity index (χ4v) is 2.09. The number of nitrogens with one attached hydrogen (secondary N) is 2. The maximum atomic E-state index is 10.8. The predicted octanol–water partition coefficient (Wildman–Crippen LogP) is 2.30. The molecule has 0 spiro atoms. The van der Waals surface area contributed by atoms with E-state index in [1.807, 2.05) is 6.92 Å². The average molecular weight is 265 g/mol.